The molecule has 11 heteroatoms. The van der Waals surface area contributed by atoms with Crippen molar-refractivity contribution in [2.75, 3.05) is 44.3 Å². The van der Waals surface area contributed by atoms with Crippen LogP contribution >= 0.6 is 11.6 Å². The number of carbonyl (C=O) groups excluding carboxylic acids is 2. The van der Waals surface area contributed by atoms with E-state index >= 15 is 0 Å². The number of aliphatic hydroxyl groups is 1. The Balaban J connectivity index is 1.70. The Labute approximate surface area is 218 Å². The van der Waals surface area contributed by atoms with Crippen LogP contribution in [0.5, 0.6) is 11.5 Å². The minimum Gasteiger partial charge on any atom is -0.507 e. The summed E-state index contributed by atoms with van der Waals surface area (Å²) >= 11 is 6.74. The molecule has 2 saturated heterocycles. The van der Waals surface area contributed by atoms with Crippen LogP contribution in [0.25, 0.3) is 11.3 Å². The first-order valence-electron chi connectivity index (χ1n) is 12.1. The summed E-state index contributed by atoms with van der Waals surface area (Å²) < 4.78 is 21.1. The minimum absolute atomic E-state index is 0.0394. The second kappa shape index (κ2) is 9.50. The summed E-state index contributed by atoms with van der Waals surface area (Å²) in [6.45, 7) is 6.62. The smallest absolute Gasteiger partial charge is 0.261 e. The third-order valence-corrected chi connectivity index (χ3v) is 7.86. The van der Waals surface area contributed by atoms with Crippen LogP contribution in [0.4, 0.5) is 10.2 Å². The fourth-order valence-electron chi connectivity index (χ4n) is 5.43. The van der Waals surface area contributed by atoms with Crippen LogP contribution in [0.1, 0.15) is 30.1 Å². The molecule has 4 heterocycles. The zero-order valence-corrected chi connectivity index (χ0v) is 21.2. The lowest BCUT2D eigenvalue weighted by molar-refractivity contribution is -0.128. The fraction of sp³-hybridized carbons (Fsp3) is 0.423. The minimum atomic E-state index is -0.734. The maximum Gasteiger partial charge on any atom is 0.261 e. The molecule has 0 unspecified atom stereocenters. The standard InChI is InChI=1S/C26H28ClFN4O5/c1-3-18(35)30-10-11-31-15(12-30)13-37-23-20(25(31)36)24(32-9-5-8-26(32,2)14-33)29-22(21(23)27)19-16(28)6-4-7-17(19)34/h3-4,6-7,15,33-34H,1,5,8-14H2,2H3/t15-,26+/m1/s1. The second-order valence-electron chi connectivity index (χ2n) is 9.80. The van der Waals surface area contributed by atoms with Gasteiger partial charge in [0.1, 0.15) is 40.3 Å². The molecule has 0 bridgehead atoms. The summed E-state index contributed by atoms with van der Waals surface area (Å²) in [5, 5.41) is 20.6. The van der Waals surface area contributed by atoms with Crippen LogP contribution in [0.2, 0.25) is 5.02 Å². The summed E-state index contributed by atoms with van der Waals surface area (Å²) in [4.78, 5) is 36.0. The Kier molecular flexibility index (Phi) is 6.49. The van der Waals surface area contributed by atoms with Crippen LogP contribution in [0.3, 0.4) is 0 Å². The van der Waals surface area contributed by atoms with E-state index in [0.717, 1.165) is 6.42 Å². The van der Waals surface area contributed by atoms with Gasteiger partial charge in [-0.05, 0) is 38.0 Å². The van der Waals surface area contributed by atoms with E-state index in [4.69, 9.17) is 16.3 Å². The number of hydrogen-bond donors (Lipinski definition) is 2. The highest BCUT2D eigenvalue weighted by atomic mass is 35.5. The van der Waals surface area contributed by atoms with Crippen molar-refractivity contribution in [2.24, 2.45) is 0 Å². The molecule has 2 atom stereocenters. The average molecular weight is 531 g/mol. The molecule has 1 aromatic heterocycles. The Hall–Kier alpha value is -3.37. The number of carbonyl (C=O) groups is 2. The van der Waals surface area contributed by atoms with Gasteiger partial charge >= 0.3 is 0 Å². The van der Waals surface area contributed by atoms with Gasteiger partial charge in [-0.3, -0.25) is 9.59 Å². The van der Waals surface area contributed by atoms with Crippen LogP contribution in [-0.2, 0) is 4.79 Å². The van der Waals surface area contributed by atoms with E-state index in [-0.39, 0.29) is 77.3 Å². The van der Waals surface area contributed by atoms with Crippen LogP contribution in [0.15, 0.2) is 30.9 Å². The molecule has 196 valence electrons. The summed E-state index contributed by atoms with van der Waals surface area (Å²) in [5.74, 6) is -1.45. The molecule has 37 heavy (non-hydrogen) atoms. The second-order valence-corrected chi connectivity index (χ2v) is 10.2. The lowest BCUT2D eigenvalue weighted by atomic mass is 9.99. The van der Waals surface area contributed by atoms with E-state index in [1.54, 1.807) is 9.80 Å². The number of aromatic nitrogens is 1. The molecular formula is C26H28ClFN4O5. The number of aliphatic hydroxyl groups excluding tert-OH is 1. The molecule has 2 N–H and O–H groups in total. The fourth-order valence-corrected chi connectivity index (χ4v) is 5.72. The van der Waals surface area contributed by atoms with Gasteiger partial charge in [-0.2, -0.15) is 0 Å². The summed E-state index contributed by atoms with van der Waals surface area (Å²) in [6.07, 6.45) is 2.64. The van der Waals surface area contributed by atoms with Gasteiger partial charge < -0.3 is 29.6 Å². The van der Waals surface area contributed by atoms with E-state index in [2.05, 4.69) is 11.6 Å². The van der Waals surface area contributed by atoms with Crippen LogP contribution in [0, 0.1) is 5.82 Å². The van der Waals surface area contributed by atoms with Crippen molar-refractivity contribution in [3.8, 4) is 22.8 Å². The number of rotatable bonds is 4. The Morgan fingerprint density at radius 1 is 1.35 bits per heavy atom. The molecule has 2 fully saturated rings. The maximum absolute atomic E-state index is 15.0. The lowest BCUT2D eigenvalue weighted by Crippen LogP contribution is -2.57. The van der Waals surface area contributed by atoms with E-state index in [9.17, 15) is 24.2 Å². The van der Waals surface area contributed by atoms with E-state index in [1.807, 2.05) is 11.8 Å². The monoisotopic (exact) mass is 530 g/mol. The molecule has 3 aliphatic rings. The van der Waals surface area contributed by atoms with Gasteiger partial charge in [0, 0.05) is 26.2 Å². The quantitative estimate of drug-likeness (QED) is 0.585. The van der Waals surface area contributed by atoms with Crippen molar-refractivity contribution in [3.05, 3.63) is 47.3 Å². The zero-order valence-electron chi connectivity index (χ0n) is 20.4. The molecule has 1 aromatic carbocycles. The van der Waals surface area contributed by atoms with Gasteiger partial charge in [0.05, 0.1) is 23.8 Å². The SMILES string of the molecule is C=CC(=O)N1CCN2C(=O)c3c(N4CCC[C@@]4(C)CO)nc(-c4c(O)cccc4F)c(Cl)c3OC[C@H]2C1. The van der Waals surface area contributed by atoms with Crippen molar-refractivity contribution in [3.63, 3.8) is 0 Å². The highest BCUT2D eigenvalue weighted by Crippen LogP contribution is 2.48. The molecule has 0 aliphatic carbocycles. The number of phenolic OH excluding ortho intramolecular Hbond substituents is 1. The third kappa shape index (κ3) is 4.08. The molecular weight excluding hydrogens is 503 g/mol. The normalized spacial score (nSPS) is 23.3. The highest BCUT2D eigenvalue weighted by molar-refractivity contribution is 6.35. The number of hydrogen-bond acceptors (Lipinski definition) is 7. The number of pyridine rings is 1. The highest BCUT2D eigenvalue weighted by Gasteiger charge is 2.44. The Morgan fingerprint density at radius 3 is 2.84 bits per heavy atom. The van der Waals surface area contributed by atoms with E-state index in [0.29, 0.717) is 19.5 Å². The number of piperazine rings is 1. The summed E-state index contributed by atoms with van der Waals surface area (Å²) in [6, 6.07) is 3.43. The predicted molar refractivity (Wildman–Crippen MR) is 135 cm³/mol. The predicted octanol–water partition coefficient (Wildman–Crippen LogP) is 2.83. The number of benzene rings is 1. The zero-order chi connectivity index (χ0) is 26.5. The van der Waals surface area contributed by atoms with Crippen molar-refractivity contribution in [1.82, 2.24) is 14.8 Å². The van der Waals surface area contributed by atoms with Crippen molar-refractivity contribution in [1.29, 1.82) is 0 Å². The van der Waals surface area contributed by atoms with Crippen LogP contribution < -0.4 is 9.64 Å². The molecule has 5 rings (SSSR count). The van der Waals surface area contributed by atoms with Crippen LogP contribution in [-0.4, -0.2) is 87.8 Å². The van der Waals surface area contributed by atoms with Crippen molar-refractivity contribution >= 4 is 29.2 Å². The number of anilines is 1. The lowest BCUT2D eigenvalue weighted by Gasteiger charge is -2.40. The topological polar surface area (TPSA) is 106 Å². The first kappa shape index (κ1) is 25.3. The van der Waals surface area contributed by atoms with E-state index in [1.165, 1.54) is 24.3 Å². The average Bonchev–Trinajstić information content (AvgIpc) is 3.22. The third-order valence-electron chi connectivity index (χ3n) is 7.51. The van der Waals surface area contributed by atoms with Crippen molar-refractivity contribution in [2.45, 2.75) is 31.3 Å². The van der Waals surface area contributed by atoms with Gasteiger partial charge in [-0.15, -0.1) is 0 Å². The number of halogens is 2. The number of amides is 2. The number of aromatic hydroxyl groups is 1. The van der Waals surface area contributed by atoms with Gasteiger partial charge in [0.2, 0.25) is 5.91 Å². The van der Waals surface area contributed by atoms with Gasteiger partial charge in [-0.1, -0.05) is 24.2 Å². The molecule has 0 spiro atoms. The number of nitrogens with zero attached hydrogens (tertiary/aromatic N) is 4. The number of phenols is 1. The Bertz CT molecular complexity index is 1270. The largest absolute Gasteiger partial charge is 0.507 e. The molecule has 9 nitrogen and oxygen atoms in total. The summed E-state index contributed by atoms with van der Waals surface area (Å²) in [7, 11) is 0. The molecule has 0 radical (unpaired) electrons. The number of fused-ring (bicyclic) bond motifs is 2. The van der Waals surface area contributed by atoms with Gasteiger partial charge in [0.15, 0.2) is 5.75 Å². The van der Waals surface area contributed by atoms with Gasteiger partial charge in [-0.25, -0.2) is 9.37 Å². The van der Waals surface area contributed by atoms with Gasteiger partial charge in [0.25, 0.3) is 5.91 Å². The molecule has 2 amide bonds. The number of ether oxygens (including phenoxy) is 1. The van der Waals surface area contributed by atoms with Crippen molar-refractivity contribution < 1.29 is 28.9 Å². The molecule has 3 aliphatic heterocycles. The Morgan fingerprint density at radius 2 is 2.14 bits per heavy atom. The summed E-state index contributed by atoms with van der Waals surface area (Å²) in [5.41, 5.74) is -0.863. The van der Waals surface area contributed by atoms with E-state index < -0.39 is 17.4 Å². The maximum atomic E-state index is 15.0. The molecule has 0 saturated carbocycles. The first-order chi connectivity index (χ1) is 17.7. The first-order valence-corrected chi connectivity index (χ1v) is 12.5. The molecule has 2 aromatic rings.